The molecule has 0 aromatic heterocycles. The molecule has 0 spiro atoms. The molecule has 0 radical (unpaired) electrons. The predicted molar refractivity (Wildman–Crippen MR) is 177 cm³/mol. The third kappa shape index (κ3) is 4.24. The monoisotopic (exact) mass is 679 g/mol. The van der Waals surface area contributed by atoms with Crippen LogP contribution in [0.5, 0.6) is 5.75 Å². The summed E-state index contributed by atoms with van der Waals surface area (Å²) in [6, 6.07) is 19.3. The average molecular weight is 680 g/mol. The number of amides is 4. The van der Waals surface area contributed by atoms with Gasteiger partial charge in [0.05, 0.1) is 44.5 Å². The summed E-state index contributed by atoms with van der Waals surface area (Å²) in [4.78, 5) is 70.1. The molecule has 4 aliphatic rings. The highest BCUT2D eigenvalue weighted by molar-refractivity contribution is 6.32. The summed E-state index contributed by atoms with van der Waals surface area (Å²) in [7, 11) is 0. The molecular weight excluding hydrogens is 653 g/mol. The van der Waals surface area contributed by atoms with E-state index in [1.807, 2.05) is 18.2 Å². The molecule has 8 rings (SSSR count). The number of phenolic OH excluding ortho intramolecular Hbond substituents is 1. The molecule has 2 heterocycles. The van der Waals surface area contributed by atoms with Crippen LogP contribution in [-0.4, -0.2) is 33.7 Å². The fourth-order valence-electron chi connectivity index (χ4n) is 8.77. The number of aromatic hydroxyl groups is 1. The first-order chi connectivity index (χ1) is 23.4. The zero-order chi connectivity index (χ0) is 34.5. The summed E-state index contributed by atoms with van der Waals surface area (Å²) >= 11 is 6.09. The molecule has 6 unspecified atom stereocenters. The Labute approximate surface area is 283 Å². The van der Waals surface area contributed by atoms with Gasteiger partial charge in [0.2, 0.25) is 23.6 Å². The smallest absolute Gasteiger partial charge is 0.269 e. The molecule has 12 heteroatoms. The van der Waals surface area contributed by atoms with Gasteiger partial charge < -0.3 is 5.11 Å². The van der Waals surface area contributed by atoms with Gasteiger partial charge in [0.1, 0.15) is 11.6 Å². The Morgan fingerprint density at radius 1 is 0.878 bits per heavy atom. The van der Waals surface area contributed by atoms with Gasteiger partial charge in [-0.25, -0.2) is 9.29 Å². The second kappa shape index (κ2) is 10.8. The van der Waals surface area contributed by atoms with E-state index in [1.54, 1.807) is 31.2 Å². The number of halogens is 2. The lowest BCUT2D eigenvalue weighted by atomic mass is 9.51. The Balaban J connectivity index is 1.29. The van der Waals surface area contributed by atoms with Gasteiger partial charge in [-0.05, 0) is 73.0 Å². The molecule has 2 saturated heterocycles. The van der Waals surface area contributed by atoms with Crippen molar-refractivity contribution >= 4 is 63.1 Å². The zero-order valence-electron chi connectivity index (χ0n) is 25.9. The lowest BCUT2D eigenvalue weighted by molar-refractivity contribution is -0.384. The van der Waals surface area contributed by atoms with E-state index in [2.05, 4.69) is 0 Å². The number of non-ortho nitro benzene ring substituents is 1. The number of carbonyl (C=O) groups is 4. The quantitative estimate of drug-likeness (QED) is 0.110. The van der Waals surface area contributed by atoms with Crippen molar-refractivity contribution in [3.05, 3.63) is 117 Å². The van der Waals surface area contributed by atoms with Gasteiger partial charge in [-0.2, -0.15) is 0 Å². The van der Waals surface area contributed by atoms with E-state index in [4.69, 9.17) is 11.6 Å². The van der Waals surface area contributed by atoms with Crippen molar-refractivity contribution in [2.45, 2.75) is 25.7 Å². The minimum absolute atomic E-state index is 0.0396. The number of nitrogens with zero attached hydrogens (tertiary/aromatic N) is 3. The van der Waals surface area contributed by atoms with Crippen LogP contribution in [-0.2, 0) is 19.2 Å². The van der Waals surface area contributed by atoms with E-state index < -0.39 is 69.4 Å². The van der Waals surface area contributed by atoms with Crippen molar-refractivity contribution in [1.82, 2.24) is 0 Å². The molecule has 6 atom stereocenters. The number of rotatable bonds is 4. The fraction of sp³-hybridized carbons (Fsp3) is 0.243. The Morgan fingerprint density at radius 3 is 2.27 bits per heavy atom. The fourth-order valence-corrected chi connectivity index (χ4v) is 8.94. The molecule has 1 N–H and O–H groups in total. The number of imide groups is 2. The summed E-state index contributed by atoms with van der Waals surface area (Å²) < 4.78 is 14.2. The van der Waals surface area contributed by atoms with Crippen LogP contribution in [0, 0.1) is 45.0 Å². The van der Waals surface area contributed by atoms with E-state index in [0.29, 0.717) is 16.3 Å². The number of fused-ring (bicyclic) bond motifs is 5. The number of anilines is 2. The van der Waals surface area contributed by atoms with Crippen LogP contribution in [0.1, 0.15) is 31.2 Å². The zero-order valence-corrected chi connectivity index (χ0v) is 26.6. The van der Waals surface area contributed by atoms with Crippen LogP contribution < -0.4 is 9.80 Å². The SMILES string of the molecule is CC12C(=O)N(c3ccc(F)c(Cl)c3)C(=O)C1CC1C(=CCC3C(=O)N(c4ccc([N+](=O)[O-])cc4)C(=O)C31)C2c1ccc(O)c2ccccc12. The second-order valence-corrected chi connectivity index (χ2v) is 13.7. The average Bonchev–Trinajstić information content (AvgIpc) is 3.46. The highest BCUT2D eigenvalue weighted by Gasteiger charge is 2.67. The molecule has 4 aromatic rings. The Bertz CT molecular complexity index is 2200. The number of nitro benzene ring substituents is 1. The van der Waals surface area contributed by atoms with Gasteiger partial charge in [-0.15, -0.1) is 0 Å². The first kappa shape index (κ1) is 30.9. The lowest BCUT2D eigenvalue weighted by Crippen LogP contribution is -2.49. The van der Waals surface area contributed by atoms with Crippen LogP contribution >= 0.6 is 11.6 Å². The largest absolute Gasteiger partial charge is 0.507 e. The van der Waals surface area contributed by atoms with Crippen molar-refractivity contribution in [1.29, 1.82) is 0 Å². The van der Waals surface area contributed by atoms with E-state index >= 15 is 0 Å². The molecule has 0 bridgehead atoms. The topological polar surface area (TPSA) is 138 Å². The van der Waals surface area contributed by atoms with E-state index in [1.165, 1.54) is 36.4 Å². The van der Waals surface area contributed by atoms with E-state index in [9.17, 15) is 38.8 Å². The summed E-state index contributed by atoms with van der Waals surface area (Å²) in [6.07, 6.45) is 2.22. The molecule has 10 nitrogen and oxygen atoms in total. The number of phenols is 1. The second-order valence-electron chi connectivity index (χ2n) is 13.3. The van der Waals surface area contributed by atoms with E-state index in [0.717, 1.165) is 21.4 Å². The van der Waals surface area contributed by atoms with Gasteiger partial charge in [0.25, 0.3) is 5.69 Å². The van der Waals surface area contributed by atoms with Crippen LogP contribution in [0.25, 0.3) is 10.8 Å². The lowest BCUT2D eigenvalue weighted by Gasteiger charge is -2.49. The van der Waals surface area contributed by atoms with Gasteiger partial charge >= 0.3 is 0 Å². The maximum Gasteiger partial charge on any atom is 0.269 e. The van der Waals surface area contributed by atoms with Crippen LogP contribution in [0.15, 0.2) is 90.5 Å². The van der Waals surface area contributed by atoms with Gasteiger partial charge in [-0.1, -0.05) is 53.6 Å². The third-order valence-electron chi connectivity index (χ3n) is 11.0. The molecule has 3 fully saturated rings. The van der Waals surface area contributed by atoms with E-state index in [-0.39, 0.29) is 40.7 Å². The number of benzene rings is 4. The maximum atomic E-state index is 14.7. The predicted octanol–water partition coefficient (Wildman–Crippen LogP) is 6.68. The minimum atomic E-state index is -1.36. The summed E-state index contributed by atoms with van der Waals surface area (Å²) in [5.74, 6) is -6.47. The maximum absolute atomic E-state index is 14.7. The standard InChI is InChI=1S/C37H27ClFN3O7/c1-37-27(34(45)41(36(37)47)20-10-14-29(39)28(38)16-20)17-26-24(32(37)23-13-15-30(43)22-5-3-2-4-21(22)23)11-12-25-31(26)35(46)40(33(25)44)18-6-8-19(9-7-18)42(48)49/h2-11,13-16,25-27,31-32,43H,12,17H2,1H3. The molecule has 4 amide bonds. The van der Waals surface area contributed by atoms with Crippen LogP contribution in [0.4, 0.5) is 21.5 Å². The number of allylic oxidation sites excluding steroid dienone is 2. The molecule has 4 aromatic carbocycles. The molecular formula is C37H27ClFN3O7. The first-order valence-corrected chi connectivity index (χ1v) is 16.2. The summed E-state index contributed by atoms with van der Waals surface area (Å²) in [5.41, 5.74) is 0.219. The van der Waals surface area contributed by atoms with Gasteiger partial charge in [-0.3, -0.25) is 34.2 Å². The Hall–Kier alpha value is -5.42. The molecule has 246 valence electrons. The molecule has 2 aliphatic carbocycles. The number of hydrogen-bond acceptors (Lipinski definition) is 7. The summed E-state index contributed by atoms with van der Waals surface area (Å²) in [6.45, 7) is 1.74. The Kier molecular flexibility index (Phi) is 6.80. The Morgan fingerprint density at radius 2 is 1.57 bits per heavy atom. The van der Waals surface area contributed by atoms with Crippen molar-refractivity contribution in [2.24, 2.45) is 29.1 Å². The number of hydrogen-bond donors (Lipinski definition) is 1. The normalized spacial score (nSPS) is 27.7. The number of nitro groups is 1. The van der Waals surface area contributed by atoms with Crippen molar-refractivity contribution in [3.63, 3.8) is 0 Å². The van der Waals surface area contributed by atoms with Crippen LogP contribution in [0.3, 0.4) is 0 Å². The highest BCUT2D eigenvalue weighted by Crippen LogP contribution is 2.64. The van der Waals surface area contributed by atoms with Crippen molar-refractivity contribution in [3.8, 4) is 5.75 Å². The minimum Gasteiger partial charge on any atom is -0.507 e. The molecule has 2 aliphatic heterocycles. The molecule has 49 heavy (non-hydrogen) atoms. The number of carbonyl (C=O) groups excluding carboxylic acids is 4. The van der Waals surface area contributed by atoms with Gasteiger partial charge in [0, 0.05) is 23.4 Å². The van der Waals surface area contributed by atoms with Crippen molar-refractivity contribution < 1.29 is 33.6 Å². The summed E-state index contributed by atoms with van der Waals surface area (Å²) in [5, 5.41) is 23.0. The third-order valence-corrected chi connectivity index (χ3v) is 11.3. The molecule has 1 saturated carbocycles. The van der Waals surface area contributed by atoms with Gasteiger partial charge in [0.15, 0.2) is 0 Å². The highest BCUT2D eigenvalue weighted by atomic mass is 35.5. The van der Waals surface area contributed by atoms with Crippen LogP contribution in [0.2, 0.25) is 5.02 Å². The first-order valence-electron chi connectivity index (χ1n) is 15.8. The van der Waals surface area contributed by atoms with Crippen molar-refractivity contribution in [2.75, 3.05) is 9.80 Å².